The van der Waals surface area contributed by atoms with E-state index in [2.05, 4.69) is 15.2 Å². The molecule has 1 aromatic heterocycles. The van der Waals surface area contributed by atoms with Crippen molar-refractivity contribution in [2.45, 2.75) is 25.5 Å². The number of rotatable bonds is 4. The van der Waals surface area contributed by atoms with Gasteiger partial charge in [-0.2, -0.15) is 0 Å². The first-order valence-electron chi connectivity index (χ1n) is 7.93. The Morgan fingerprint density at radius 3 is 2.91 bits per heavy atom. The first kappa shape index (κ1) is 15.5. The van der Waals surface area contributed by atoms with Gasteiger partial charge in [0.15, 0.2) is 0 Å². The normalized spacial score (nSPS) is 17.8. The Bertz CT molecular complexity index is 660. The number of amides is 1. The molecule has 3 rings (SSSR count). The quantitative estimate of drug-likeness (QED) is 0.906. The summed E-state index contributed by atoms with van der Waals surface area (Å²) in [6, 6.07) is 13.5. The second-order valence-electron chi connectivity index (χ2n) is 5.81. The summed E-state index contributed by atoms with van der Waals surface area (Å²) in [6.45, 7) is 1.98. The van der Waals surface area contributed by atoms with Gasteiger partial charge in [0, 0.05) is 31.5 Å². The van der Waals surface area contributed by atoms with E-state index in [1.807, 2.05) is 36.4 Å². The molecule has 1 atom stereocenters. The second-order valence-corrected chi connectivity index (χ2v) is 5.81. The predicted octanol–water partition coefficient (Wildman–Crippen LogP) is 1.97. The van der Waals surface area contributed by atoms with Gasteiger partial charge in [-0.25, -0.2) is 0 Å². The summed E-state index contributed by atoms with van der Waals surface area (Å²) in [7, 11) is 0. The fraction of sp³-hybridized carbons (Fsp3) is 0.333. The van der Waals surface area contributed by atoms with E-state index in [9.17, 15) is 9.90 Å². The van der Waals surface area contributed by atoms with E-state index in [0.717, 1.165) is 30.6 Å². The highest BCUT2D eigenvalue weighted by Crippen LogP contribution is 2.20. The fourth-order valence-corrected chi connectivity index (χ4v) is 2.80. The van der Waals surface area contributed by atoms with Crippen molar-refractivity contribution in [2.24, 2.45) is 0 Å². The van der Waals surface area contributed by atoms with Gasteiger partial charge >= 0.3 is 0 Å². The van der Waals surface area contributed by atoms with E-state index in [1.54, 1.807) is 12.3 Å². The molecule has 2 N–H and O–H groups in total. The van der Waals surface area contributed by atoms with Gasteiger partial charge < -0.3 is 15.3 Å². The topological polar surface area (TPSA) is 65.5 Å². The number of anilines is 1. The van der Waals surface area contributed by atoms with Crippen molar-refractivity contribution >= 4 is 11.6 Å². The van der Waals surface area contributed by atoms with Gasteiger partial charge in [0.05, 0.1) is 6.10 Å². The lowest BCUT2D eigenvalue weighted by atomic mass is 10.1. The molecule has 1 saturated heterocycles. The van der Waals surface area contributed by atoms with Gasteiger partial charge in [0.2, 0.25) is 0 Å². The number of aliphatic hydroxyl groups is 1. The molecule has 0 saturated carbocycles. The van der Waals surface area contributed by atoms with Crippen LogP contribution in [0.1, 0.15) is 28.9 Å². The predicted molar refractivity (Wildman–Crippen MR) is 89.3 cm³/mol. The largest absolute Gasteiger partial charge is 0.391 e. The molecular formula is C18H21N3O2. The van der Waals surface area contributed by atoms with E-state index in [0.29, 0.717) is 18.8 Å². The maximum Gasteiger partial charge on any atom is 0.270 e. The van der Waals surface area contributed by atoms with Crippen molar-refractivity contribution in [2.75, 3.05) is 18.0 Å². The number of nitrogens with zero attached hydrogens (tertiary/aromatic N) is 2. The van der Waals surface area contributed by atoms with Crippen LogP contribution in [0, 0.1) is 0 Å². The highest BCUT2D eigenvalue weighted by atomic mass is 16.3. The third-order valence-corrected chi connectivity index (χ3v) is 4.03. The summed E-state index contributed by atoms with van der Waals surface area (Å²) < 4.78 is 0. The highest BCUT2D eigenvalue weighted by molar-refractivity contribution is 5.93. The minimum Gasteiger partial charge on any atom is -0.391 e. The summed E-state index contributed by atoms with van der Waals surface area (Å²) in [4.78, 5) is 18.5. The fourth-order valence-electron chi connectivity index (χ4n) is 2.80. The SMILES string of the molecule is O=C(NCc1ccccc1)c1cc(N2CCCC(O)C2)ccn1. The second kappa shape index (κ2) is 7.24. The van der Waals surface area contributed by atoms with Gasteiger partial charge in [-0.05, 0) is 30.5 Å². The molecule has 1 aromatic carbocycles. The molecule has 120 valence electrons. The highest BCUT2D eigenvalue weighted by Gasteiger charge is 2.19. The first-order valence-corrected chi connectivity index (χ1v) is 7.93. The van der Waals surface area contributed by atoms with E-state index in [-0.39, 0.29) is 12.0 Å². The number of piperidine rings is 1. The number of nitrogens with one attached hydrogen (secondary N) is 1. The molecule has 0 radical (unpaired) electrons. The number of carbonyl (C=O) groups is 1. The van der Waals surface area contributed by atoms with E-state index < -0.39 is 0 Å². The molecule has 5 nitrogen and oxygen atoms in total. The molecule has 0 spiro atoms. The van der Waals surface area contributed by atoms with Crippen LogP contribution in [0.15, 0.2) is 48.7 Å². The van der Waals surface area contributed by atoms with E-state index >= 15 is 0 Å². The lowest BCUT2D eigenvalue weighted by molar-refractivity contribution is 0.0946. The van der Waals surface area contributed by atoms with Gasteiger partial charge in [0.25, 0.3) is 5.91 Å². The number of β-amino-alcohol motifs (C(OH)–C–C–N with tert-alkyl or cyclic N) is 1. The third-order valence-electron chi connectivity index (χ3n) is 4.03. The van der Waals surface area contributed by atoms with Gasteiger partial charge in [-0.3, -0.25) is 9.78 Å². The molecule has 1 aliphatic heterocycles. The van der Waals surface area contributed by atoms with Gasteiger partial charge in [-0.15, -0.1) is 0 Å². The van der Waals surface area contributed by atoms with Crippen LogP contribution >= 0.6 is 0 Å². The lowest BCUT2D eigenvalue weighted by Crippen LogP contribution is -2.38. The van der Waals surface area contributed by atoms with E-state index in [1.165, 1.54) is 0 Å². The minimum atomic E-state index is -0.299. The summed E-state index contributed by atoms with van der Waals surface area (Å²) >= 11 is 0. The van der Waals surface area contributed by atoms with Crippen LogP contribution in [0.3, 0.4) is 0 Å². The molecule has 1 unspecified atom stereocenters. The Labute approximate surface area is 136 Å². The molecule has 0 bridgehead atoms. The lowest BCUT2D eigenvalue weighted by Gasteiger charge is -2.32. The van der Waals surface area contributed by atoms with Crippen molar-refractivity contribution in [3.05, 3.63) is 59.9 Å². The molecular weight excluding hydrogens is 290 g/mol. The summed E-state index contributed by atoms with van der Waals surface area (Å²) in [5, 5.41) is 12.7. The Balaban J connectivity index is 1.65. The zero-order chi connectivity index (χ0) is 16.1. The van der Waals surface area contributed by atoms with Gasteiger partial charge in [-0.1, -0.05) is 30.3 Å². The van der Waals surface area contributed by atoms with Crippen LogP contribution in [0.5, 0.6) is 0 Å². The summed E-state index contributed by atoms with van der Waals surface area (Å²) in [5.74, 6) is -0.187. The number of hydrogen-bond acceptors (Lipinski definition) is 4. The monoisotopic (exact) mass is 311 g/mol. The molecule has 1 amide bonds. The van der Waals surface area contributed by atoms with Crippen LogP contribution in [-0.2, 0) is 6.54 Å². The smallest absolute Gasteiger partial charge is 0.270 e. The van der Waals surface area contributed by atoms with Crippen LogP contribution in [-0.4, -0.2) is 35.2 Å². The average Bonchev–Trinajstić information content (AvgIpc) is 2.61. The van der Waals surface area contributed by atoms with Crippen LogP contribution in [0.2, 0.25) is 0 Å². The molecule has 23 heavy (non-hydrogen) atoms. The number of carbonyl (C=O) groups excluding carboxylic acids is 1. The number of aromatic nitrogens is 1. The molecule has 1 aliphatic rings. The first-order chi connectivity index (χ1) is 11.2. The Morgan fingerprint density at radius 2 is 2.13 bits per heavy atom. The Hall–Kier alpha value is -2.40. The van der Waals surface area contributed by atoms with Crippen molar-refractivity contribution in [1.82, 2.24) is 10.3 Å². The number of pyridine rings is 1. The van der Waals surface area contributed by atoms with Crippen LogP contribution in [0.4, 0.5) is 5.69 Å². The molecule has 1 fully saturated rings. The molecule has 2 aromatic rings. The van der Waals surface area contributed by atoms with E-state index in [4.69, 9.17) is 0 Å². The molecule has 0 aliphatic carbocycles. The van der Waals surface area contributed by atoms with Crippen molar-refractivity contribution in [1.29, 1.82) is 0 Å². The maximum absolute atomic E-state index is 12.3. The zero-order valence-corrected chi connectivity index (χ0v) is 13.0. The molecule has 5 heteroatoms. The number of hydrogen-bond donors (Lipinski definition) is 2. The average molecular weight is 311 g/mol. The summed E-state index contributed by atoms with van der Waals surface area (Å²) in [6.07, 6.45) is 3.14. The summed E-state index contributed by atoms with van der Waals surface area (Å²) in [5.41, 5.74) is 2.39. The Kier molecular flexibility index (Phi) is 4.88. The Morgan fingerprint density at radius 1 is 1.30 bits per heavy atom. The van der Waals surface area contributed by atoms with Crippen LogP contribution < -0.4 is 10.2 Å². The van der Waals surface area contributed by atoms with Crippen molar-refractivity contribution in [3.63, 3.8) is 0 Å². The maximum atomic E-state index is 12.3. The van der Waals surface area contributed by atoms with Crippen LogP contribution in [0.25, 0.3) is 0 Å². The number of benzene rings is 1. The molecule has 2 heterocycles. The zero-order valence-electron chi connectivity index (χ0n) is 13.0. The third kappa shape index (κ3) is 4.07. The standard InChI is InChI=1S/C18H21N3O2/c22-16-7-4-10-21(13-16)15-8-9-19-17(11-15)18(23)20-12-14-5-2-1-3-6-14/h1-3,5-6,8-9,11,16,22H,4,7,10,12-13H2,(H,20,23). The van der Waals surface area contributed by atoms with Gasteiger partial charge in [0.1, 0.15) is 5.69 Å². The number of aliphatic hydroxyl groups excluding tert-OH is 1. The van der Waals surface area contributed by atoms with Crippen molar-refractivity contribution < 1.29 is 9.90 Å². The minimum absolute atomic E-state index is 0.187. The van der Waals surface area contributed by atoms with Crippen molar-refractivity contribution in [3.8, 4) is 0 Å².